The first-order valence-corrected chi connectivity index (χ1v) is 8.63. The zero-order valence-corrected chi connectivity index (χ0v) is 15.2. The number of nitro benzene ring substituents is 1. The van der Waals surface area contributed by atoms with Gasteiger partial charge >= 0.3 is 0 Å². The normalized spacial score (nSPS) is 11.6. The Morgan fingerprint density at radius 1 is 0.926 bits per heavy atom. The van der Waals surface area contributed by atoms with E-state index in [0.717, 1.165) is 16.7 Å². The van der Waals surface area contributed by atoms with Crippen LogP contribution in [0.1, 0.15) is 38.7 Å². The smallest absolute Gasteiger partial charge is 0.273 e. The molecule has 1 atom stereocenters. The molecule has 1 N–H and O–H groups in total. The molecule has 0 saturated carbocycles. The van der Waals surface area contributed by atoms with E-state index < -0.39 is 4.92 Å². The van der Waals surface area contributed by atoms with Gasteiger partial charge in [-0.25, -0.2) is 0 Å². The van der Waals surface area contributed by atoms with E-state index in [4.69, 9.17) is 0 Å². The molecule has 0 radical (unpaired) electrons. The summed E-state index contributed by atoms with van der Waals surface area (Å²) in [5.41, 5.74) is 3.74. The lowest BCUT2D eigenvalue weighted by Gasteiger charge is -2.20. The molecule has 0 heterocycles. The van der Waals surface area contributed by atoms with Gasteiger partial charge in [-0.1, -0.05) is 66.2 Å². The van der Waals surface area contributed by atoms with Crippen LogP contribution in [-0.4, -0.2) is 10.8 Å². The van der Waals surface area contributed by atoms with Gasteiger partial charge < -0.3 is 5.32 Å². The first kappa shape index (κ1) is 18.3. The van der Waals surface area contributed by atoms with Crippen LogP contribution in [0.25, 0.3) is 0 Å². The molecular weight excluding hydrogens is 340 g/mol. The van der Waals surface area contributed by atoms with Gasteiger partial charge in [-0.15, -0.1) is 0 Å². The van der Waals surface area contributed by atoms with Crippen molar-refractivity contribution < 1.29 is 9.72 Å². The van der Waals surface area contributed by atoms with E-state index in [0.29, 0.717) is 5.56 Å². The van der Waals surface area contributed by atoms with Crippen LogP contribution in [-0.2, 0) is 0 Å². The number of nitrogens with one attached hydrogen (secondary N) is 1. The lowest BCUT2D eigenvalue weighted by molar-refractivity contribution is -0.385. The Morgan fingerprint density at radius 2 is 1.56 bits per heavy atom. The van der Waals surface area contributed by atoms with Crippen molar-refractivity contribution in [2.24, 2.45) is 0 Å². The number of benzene rings is 3. The zero-order valence-electron chi connectivity index (χ0n) is 15.2. The number of nitrogens with zero attached hydrogens (tertiary/aromatic N) is 1. The summed E-state index contributed by atoms with van der Waals surface area (Å²) in [5.74, 6) is -0.354. The zero-order chi connectivity index (χ0) is 19.4. The molecule has 0 saturated heterocycles. The van der Waals surface area contributed by atoms with E-state index in [-0.39, 0.29) is 23.2 Å². The predicted molar refractivity (Wildman–Crippen MR) is 105 cm³/mol. The fourth-order valence-electron chi connectivity index (χ4n) is 2.93. The predicted octanol–water partition coefficient (Wildman–Crippen LogP) is 4.73. The monoisotopic (exact) mass is 360 g/mol. The summed E-state index contributed by atoms with van der Waals surface area (Å²) in [6.07, 6.45) is 0. The summed E-state index contributed by atoms with van der Waals surface area (Å²) in [6, 6.07) is 21.8. The summed E-state index contributed by atoms with van der Waals surface area (Å²) in [6.45, 7) is 3.66. The minimum Gasteiger partial charge on any atom is -0.341 e. The molecule has 0 aliphatic carbocycles. The number of rotatable bonds is 5. The van der Waals surface area contributed by atoms with Crippen molar-refractivity contribution in [1.29, 1.82) is 0 Å². The van der Waals surface area contributed by atoms with Crippen LogP contribution in [0.2, 0.25) is 0 Å². The fourth-order valence-corrected chi connectivity index (χ4v) is 2.93. The van der Waals surface area contributed by atoms with Crippen molar-refractivity contribution in [2.75, 3.05) is 0 Å². The number of hydrogen-bond donors (Lipinski definition) is 1. The lowest BCUT2D eigenvalue weighted by Crippen LogP contribution is -2.29. The standard InChI is InChI=1S/C22H20N2O3/c1-15-8-11-18(12-9-15)21(17-6-4-3-5-7-17)23-22(25)19-13-10-16(2)20(14-19)24(26)27/h3-14,21H,1-2H3,(H,23,25)/t21-/m0/s1. The topological polar surface area (TPSA) is 72.2 Å². The van der Waals surface area contributed by atoms with Crippen LogP contribution in [0.4, 0.5) is 5.69 Å². The molecule has 0 bridgehead atoms. The molecule has 0 aliphatic rings. The molecule has 0 unspecified atom stereocenters. The van der Waals surface area contributed by atoms with Crippen molar-refractivity contribution in [1.82, 2.24) is 5.32 Å². The maximum atomic E-state index is 12.8. The van der Waals surface area contributed by atoms with Crippen LogP contribution in [0, 0.1) is 24.0 Å². The average molecular weight is 360 g/mol. The quantitative estimate of drug-likeness (QED) is 0.528. The molecule has 3 aromatic rings. The number of aryl methyl sites for hydroxylation is 2. The number of nitro groups is 1. The van der Waals surface area contributed by atoms with Gasteiger partial charge in [0.1, 0.15) is 0 Å². The van der Waals surface area contributed by atoms with Crippen molar-refractivity contribution >= 4 is 11.6 Å². The molecule has 0 aromatic heterocycles. The molecule has 5 heteroatoms. The number of carbonyl (C=O) groups is 1. The Morgan fingerprint density at radius 3 is 2.19 bits per heavy atom. The molecular formula is C22H20N2O3. The third kappa shape index (κ3) is 4.20. The Hall–Kier alpha value is -3.47. The van der Waals surface area contributed by atoms with E-state index in [1.54, 1.807) is 19.1 Å². The van der Waals surface area contributed by atoms with Gasteiger partial charge in [0.25, 0.3) is 11.6 Å². The second-order valence-corrected chi connectivity index (χ2v) is 6.49. The molecule has 0 spiro atoms. The SMILES string of the molecule is Cc1ccc([C@@H](NC(=O)c2ccc(C)c([N+](=O)[O-])c2)c2ccccc2)cc1. The first-order valence-electron chi connectivity index (χ1n) is 8.63. The molecule has 136 valence electrons. The maximum absolute atomic E-state index is 12.8. The number of carbonyl (C=O) groups excluding carboxylic acids is 1. The molecule has 3 rings (SSSR count). The van der Waals surface area contributed by atoms with E-state index in [2.05, 4.69) is 5.32 Å². The maximum Gasteiger partial charge on any atom is 0.273 e. The molecule has 5 nitrogen and oxygen atoms in total. The molecule has 1 amide bonds. The Bertz CT molecular complexity index is 967. The second kappa shape index (κ2) is 7.83. The first-order chi connectivity index (χ1) is 13.0. The van der Waals surface area contributed by atoms with E-state index in [1.807, 2.05) is 61.5 Å². The highest BCUT2D eigenvalue weighted by Gasteiger charge is 2.20. The van der Waals surface area contributed by atoms with Gasteiger partial charge in [0, 0.05) is 17.2 Å². The van der Waals surface area contributed by atoms with Crippen LogP contribution >= 0.6 is 0 Å². The minimum absolute atomic E-state index is 0.0609. The van der Waals surface area contributed by atoms with Crippen molar-refractivity contribution in [3.05, 3.63) is 111 Å². The Balaban J connectivity index is 1.95. The van der Waals surface area contributed by atoms with Crippen molar-refractivity contribution in [3.8, 4) is 0 Å². The third-order valence-electron chi connectivity index (χ3n) is 4.49. The molecule has 0 fully saturated rings. The van der Waals surface area contributed by atoms with Gasteiger partial charge in [0.05, 0.1) is 11.0 Å². The van der Waals surface area contributed by atoms with Gasteiger partial charge in [-0.05, 0) is 31.0 Å². The number of hydrogen-bond acceptors (Lipinski definition) is 3. The summed E-state index contributed by atoms with van der Waals surface area (Å²) in [5, 5.41) is 14.2. The van der Waals surface area contributed by atoms with Crippen LogP contribution in [0.15, 0.2) is 72.8 Å². The Labute approximate surface area is 157 Å². The van der Waals surface area contributed by atoms with Gasteiger partial charge in [0.15, 0.2) is 0 Å². The number of amides is 1. The summed E-state index contributed by atoms with van der Waals surface area (Å²) in [7, 11) is 0. The van der Waals surface area contributed by atoms with Crippen molar-refractivity contribution in [2.45, 2.75) is 19.9 Å². The summed E-state index contributed by atoms with van der Waals surface area (Å²) in [4.78, 5) is 23.5. The lowest BCUT2D eigenvalue weighted by atomic mass is 9.97. The van der Waals surface area contributed by atoms with Gasteiger partial charge in [-0.2, -0.15) is 0 Å². The fraction of sp³-hybridized carbons (Fsp3) is 0.136. The van der Waals surface area contributed by atoms with E-state index >= 15 is 0 Å². The minimum atomic E-state index is -0.471. The van der Waals surface area contributed by atoms with Crippen LogP contribution in [0.5, 0.6) is 0 Å². The van der Waals surface area contributed by atoms with Crippen LogP contribution in [0.3, 0.4) is 0 Å². The van der Waals surface area contributed by atoms with Crippen molar-refractivity contribution in [3.63, 3.8) is 0 Å². The molecule has 0 aliphatic heterocycles. The summed E-state index contributed by atoms with van der Waals surface area (Å²) >= 11 is 0. The Kier molecular flexibility index (Phi) is 5.31. The van der Waals surface area contributed by atoms with Gasteiger partial charge in [-0.3, -0.25) is 14.9 Å². The van der Waals surface area contributed by atoms with Crippen LogP contribution < -0.4 is 5.32 Å². The van der Waals surface area contributed by atoms with E-state index in [9.17, 15) is 14.9 Å². The van der Waals surface area contributed by atoms with E-state index in [1.165, 1.54) is 6.07 Å². The highest BCUT2D eigenvalue weighted by molar-refractivity contribution is 5.95. The third-order valence-corrected chi connectivity index (χ3v) is 4.49. The highest BCUT2D eigenvalue weighted by Crippen LogP contribution is 2.24. The molecule has 3 aromatic carbocycles. The second-order valence-electron chi connectivity index (χ2n) is 6.49. The highest BCUT2D eigenvalue weighted by atomic mass is 16.6. The average Bonchev–Trinajstić information content (AvgIpc) is 2.67. The summed E-state index contributed by atoms with van der Waals surface area (Å²) < 4.78 is 0. The molecule has 27 heavy (non-hydrogen) atoms. The van der Waals surface area contributed by atoms with Gasteiger partial charge in [0.2, 0.25) is 0 Å². The largest absolute Gasteiger partial charge is 0.341 e.